The molecule has 0 saturated carbocycles. The van der Waals surface area contributed by atoms with E-state index >= 15 is 0 Å². The van der Waals surface area contributed by atoms with Gasteiger partial charge < -0.3 is 5.32 Å². The van der Waals surface area contributed by atoms with Crippen molar-refractivity contribution in [2.24, 2.45) is 0 Å². The molecular formula is C10H10BrF2N. The van der Waals surface area contributed by atoms with Crippen LogP contribution in [0, 0.1) is 11.6 Å². The van der Waals surface area contributed by atoms with Crippen LogP contribution in [0.1, 0.15) is 5.56 Å². The van der Waals surface area contributed by atoms with Crippen molar-refractivity contribution in [3.63, 3.8) is 0 Å². The molecular weight excluding hydrogens is 252 g/mol. The van der Waals surface area contributed by atoms with Crippen molar-refractivity contribution in [1.29, 1.82) is 0 Å². The average molecular weight is 262 g/mol. The molecule has 0 heterocycles. The van der Waals surface area contributed by atoms with Gasteiger partial charge in [0.2, 0.25) is 0 Å². The van der Waals surface area contributed by atoms with E-state index in [0.29, 0.717) is 6.54 Å². The van der Waals surface area contributed by atoms with E-state index in [4.69, 9.17) is 0 Å². The highest BCUT2D eigenvalue weighted by Gasteiger charge is 2.08. The van der Waals surface area contributed by atoms with Gasteiger partial charge in [0.05, 0.1) is 4.47 Å². The van der Waals surface area contributed by atoms with Crippen LogP contribution in [0.4, 0.5) is 8.78 Å². The quantitative estimate of drug-likeness (QED) is 0.826. The largest absolute Gasteiger partial charge is 0.316 e. The van der Waals surface area contributed by atoms with Crippen molar-refractivity contribution in [3.05, 3.63) is 39.9 Å². The maximum absolute atomic E-state index is 13.3. The first-order valence-electron chi connectivity index (χ1n) is 4.11. The summed E-state index contributed by atoms with van der Waals surface area (Å²) in [6.07, 6.45) is 3.08. The second-order valence-corrected chi connectivity index (χ2v) is 3.57. The SMILES string of the molecule is CNCC=Cc1c(F)ccc(Br)c1F. The molecule has 0 fully saturated rings. The molecule has 1 N–H and O–H groups in total. The maximum atomic E-state index is 13.3. The number of halogens is 3. The normalized spacial score (nSPS) is 11.1. The molecule has 0 radical (unpaired) electrons. The summed E-state index contributed by atoms with van der Waals surface area (Å²) in [5.41, 5.74) is -0.0189. The van der Waals surface area contributed by atoms with Crippen LogP contribution in [-0.4, -0.2) is 13.6 Å². The summed E-state index contributed by atoms with van der Waals surface area (Å²) in [6.45, 7) is 0.575. The molecule has 76 valence electrons. The minimum atomic E-state index is -0.572. The minimum absolute atomic E-state index is 0.0189. The van der Waals surface area contributed by atoms with Crippen LogP contribution in [0.3, 0.4) is 0 Å². The number of nitrogens with one attached hydrogen (secondary N) is 1. The first-order valence-corrected chi connectivity index (χ1v) is 4.90. The van der Waals surface area contributed by atoms with Crippen LogP contribution in [-0.2, 0) is 0 Å². The molecule has 0 aromatic heterocycles. The minimum Gasteiger partial charge on any atom is -0.316 e. The molecule has 0 bridgehead atoms. The summed E-state index contributed by atoms with van der Waals surface area (Å²) in [7, 11) is 1.76. The van der Waals surface area contributed by atoms with E-state index < -0.39 is 11.6 Å². The summed E-state index contributed by atoms with van der Waals surface area (Å²) in [5, 5.41) is 2.85. The lowest BCUT2D eigenvalue weighted by molar-refractivity contribution is 0.574. The fourth-order valence-corrected chi connectivity index (χ4v) is 1.34. The summed E-state index contributed by atoms with van der Waals surface area (Å²) in [5.74, 6) is -1.13. The molecule has 0 saturated heterocycles. The molecule has 1 aromatic rings. The molecule has 0 atom stereocenters. The number of rotatable bonds is 3. The van der Waals surface area contributed by atoms with Gasteiger partial charge in [0.15, 0.2) is 0 Å². The summed E-state index contributed by atoms with van der Waals surface area (Å²) >= 11 is 3.00. The van der Waals surface area contributed by atoms with Crippen molar-refractivity contribution in [1.82, 2.24) is 5.32 Å². The summed E-state index contributed by atoms with van der Waals surface area (Å²) in [4.78, 5) is 0. The predicted octanol–water partition coefficient (Wildman–Crippen LogP) is 2.96. The van der Waals surface area contributed by atoms with Gasteiger partial charge in [0.1, 0.15) is 11.6 Å². The Morgan fingerprint density at radius 2 is 2.14 bits per heavy atom. The van der Waals surface area contributed by atoms with Gasteiger partial charge >= 0.3 is 0 Å². The van der Waals surface area contributed by atoms with Gasteiger partial charge in [-0.25, -0.2) is 8.78 Å². The van der Waals surface area contributed by atoms with Gasteiger partial charge in [0.25, 0.3) is 0 Å². The Morgan fingerprint density at radius 1 is 1.43 bits per heavy atom. The first kappa shape index (κ1) is 11.3. The van der Waals surface area contributed by atoms with Gasteiger partial charge in [-0.05, 0) is 35.1 Å². The Labute approximate surface area is 90.0 Å². The first-order chi connectivity index (χ1) is 6.66. The highest BCUT2D eigenvalue weighted by Crippen LogP contribution is 2.22. The lowest BCUT2D eigenvalue weighted by Gasteiger charge is -2.01. The predicted molar refractivity (Wildman–Crippen MR) is 57.0 cm³/mol. The zero-order chi connectivity index (χ0) is 10.6. The smallest absolute Gasteiger partial charge is 0.147 e. The standard InChI is InChI=1S/C10H10BrF2N/c1-14-6-2-3-7-9(12)5-4-8(11)10(7)13/h2-5,14H,6H2,1H3. The van der Waals surface area contributed by atoms with Crippen LogP contribution >= 0.6 is 15.9 Å². The number of hydrogen-bond donors (Lipinski definition) is 1. The van der Waals surface area contributed by atoms with Crippen LogP contribution < -0.4 is 5.32 Å². The van der Waals surface area contributed by atoms with E-state index in [9.17, 15) is 8.78 Å². The van der Waals surface area contributed by atoms with E-state index in [0.717, 1.165) is 0 Å². The molecule has 14 heavy (non-hydrogen) atoms. The highest BCUT2D eigenvalue weighted by molar-refractivity contribution is 9.10. The van der Waals surface area contributed by atoms with E-state index in [2.05, 4.69) is 21.2 Å². The second kappa shape index (κ2) is 5.22. The summed E-state index contributed by atoms with van der Waals surface area (Å²) in [6, 6.07) is 2.58. The van der Waals surface area contributed by atoms with Gasteiger partial charge in [-0.3, -0.25) is 0 Å². The van der Waals surface area contributed by atoms with Crippen molar-refractivity contribution in [3.8, 4) is 0 Å². The third-order valence-electron chi connectivity index (χ3n) is 1.69. The van der Waals surface area contributed by atoms with E-state index in [1.165, 1.54) is 18.2 Å². The Balaban J connectivity index is 3.00. The fourth-order valence-electron chi connectivity index (χ4n) is 0.990. The zero-order valence-electron chi connectivity index (χ0n) is 7.65. The van der Waals surface area contributed by atoms with Crippen LogP contribution in [0.25, 0.3) is 6.08 Å². The average Bonchev–Trinajstić information content (AvgIpc) is 2.18. The molecule has 1 nitrogen and oxygen atoms in total. The number of benzene rings is 1. The molecule has 1 aromatic carbocycles. The number of hydrogen-bond acceptors (Lipinski definition) is 1. The monoisotopic (exact) mass is 261 g/mol. The molecule has 0 spiro atoms. The molecule has 4 heteroatoms. The van der Waals surface area contributed by atoms with E-state index in [1.807, 2.05) is 0 Å². The zero-order valence-corrected chi connectivity index (χ0v) is 9.24. The fraction of sp³-hybridized carbons (Fsp3) is 0.200. The van der Waals surface area contributed by atoms with Crippen molar-refractivity contribution >= 4 is 22.0 Å². The van der Waals surface area contributed by atoms with Crippen molar-refractivity contribution < 1.29 is 8.78 Å². The Hall–Kier alpha value is -0.740. The molecule has 1 rings (SSSR count). The molecule has 0 aliphatic heterocycles. The van der Waals surface area contributed by atoms with Gasteiger partial charge in [-0.1, -0.05) is 12.2 Å². The van der Waals surface area contributed by atoms with Crippen LogP contribution in [0.5, 0.6) is 0 Å². The molecule has 0 amide bonds. The summed E-state index contributed by atoms with van der Waals surface area (Å²) < 4.78 is 26.7. The van der Waals surface area contributed by atoms with E-state index in [1.54, 1.807) is 13.1 Å². The van der Waals surface area contributed by atoms with Crippen LogP contribution in [0.15, 0.2) is 22.7 Å². The molecule has 0 unspecified atom stereocenters. The molecule has 0 aliphatic rings. The van der Waals surface area contributed by atoms with E-state index in [-0.39, 0.29) is 10.0 Å². The Kier molecular flexibility index (Phi) is 4.22. The third kappa shape index (κ3) is 2.62. The van der Waals surface area contributed by atoms with Crippen molar-refractivity contribution in [2.45, 2.75) is 0 Å². The van der Waals surface area contributed by atoms with Crippen LogP contribution in [0.2, 0.25) is 0 Å². The Bertz CT molecular complexity index is 350. The maximum Gasteiger partial charge on any atom is 0.147 e. The van der Waals surface area contributed by atoms with Gasteiger partial charge in [-0.15, -0.1) is 0 Å². The number of likely N-dealkylation sites (N-methyl/N-ethyl adjacent to an activating group) is 1. The lowest BCUT2D eigenvalue weighted by Crippen LogP contribution is -2.04. The topological polar surface area (TPSA) is 12.0 Å². The van der Waals surface area contributed by atoms with Crippen molar-refractivity contribution in [2.75, 3.05) is 13.6 Å². The highest BCUT2D eigenvalue weighted by atomic mass is 79.9. The Morgan fingerprint density at radius 3 is 2.79 bits per heavy atom. The van der Waals surface area contributed by atoms with Gasteiger partial charge in [-0.2, -0.15) is 0 Å². The lowest BCUT2D eigenvalue weighted by atomic mass is 10.2. The van der Waals surface area contributed by atoms with Gasteiger partial charge in [0, 0.05) is 12.1 Å². The second-order valence-electron chi connectivity index (χ2n) is 2.72. The molecule has 0 aliphatic carbocycles. The third-order valence-corrected chi connectivity index (χ3v) is 2.30.